The Morgan fingerprint density at radius 1 is 1.00 bits per heavy atom. The number of methoxy groups -OCH3 is 1. The van der Waals surface area contributed by atoms with Gasteiger partial charge in [0.1, 0.15) is 23.2 Å². The number of pyridine rings is 1. The molecule has 1 aromatic heterocycles. The van der Waals surface area contributed by atoms with Crippen LogP contribution in [0.3, 0.4) is 0 Å². The second-order valence-corrected chi connectivity index (χ2v) is 8.91. The van der Waals surface area contributed by atoms with Gasteiger partial charge in [-0.1, -0.05) is 29.3 Å². The molecule has 0 radical (unpaired) electrons. The first kappa shape index (κ1) is 25.4. The normalized spacial score (nSPS) is 12.8. The van der Waals surface area contributed by atoms with Crippen LogP contribution in [0.5, 0.6) is 5.75 Å². The zero-order valence-electron chi connectivity index (χ0n) is 19.2. The molecule has 0 bridgehead atoms. The molecule has 1 aliphatic heterocycles. The minimum Gasteiger partial charge on any atom is -0.494 e. The SMILES string of the molecule is COc1cc(Cl)cc(C(=O)Nc2ccc(Cl)cn2)c1NC(=O)c1ccc(C(=N)N2CCCC2)cc1F. The van der Waals surface area contributed by atoms with Gasteiger partial charge in [-0.2, -0.15) is 0 Å². The van der Waals surface area contributed by atoms with Crippen molar-refractivity contribution in [3.63, 3.8) is 0 Å². The molecule has 0 unspecified atom stereocenters. The number of nitrogens with one attached hydrogen (secondary N) is 3. The van der Waals surface area contributed by atoms with Crippen molar-refractivity contribution >= 4 is 52.4 Å². The predicted molar refractivity (Wildman–Crippen MR) is 137 cm³/mol. The summed E-state index contributed by atoms with van der Waals surface area (Å²) in [5.41, 5.74) is 0.116. The minimum atomic E-state index is -0.800. The number of amides is 2. The van der Waals surface area contributed by atoms with Crippen LogP contribution in [-0.2, 0) is 0 Å². The highest BCUT2D eigenvalue weighted by molar-refractivity contribution is 6.32. The highest BCUT2D eigenvalue weighted by atomic mass is 35.5. The van der Waals surface area contributed by atoms with E-state index in [4.69, 9.17) is 33.3 Å². The summed E-state index contributed by atoms with van der Waals surface area (Å²) in [6, 6.07) is 9.84. The van der Waals surface area contributed by atoms with Crippen LogP contribution in [0.1, 0.15) is 39.1 Å². The topological polar surface area (TPSA) is 107 Å². The van der Waals surface area contributed by atoms with Gasteiger partial charge >= 0.3 is 0 Å². The number of anilines is 2. The Kier molecular flexibility index (Phi) is 7.71. The zero-order chi connectivity index (χ0) is 25.8. The van der Waals surface area contributed by atoms with Crippen LogP contribution >= 0.6 is 23.2 Å². The molecule has 3 aromatic rings. The summed E-state index contributed by atoms with van der Waals surface area (Å²) < 4.78 is 20.3. The average molecular weight is 530 g/mol. The fourth-order valence-electron chi connectivity index (χ4n) is 3.83. The largest absolute Gasteiger partial charge is 0.494 e. The van der Waals surface area contributed by atoms with E-state index in [9.17, 15) is 14.0 Å². The number of hydrogen-bond donors (Lipinski definition) is 3. The molecule has 0 atom stereocenters. The Bertz CT molecular complexity index is 1330. The molecule has 0 saturated carbocycles. The van der Waals surface area contributed by atoms with Gasteiger partial charge in [-0.05, 0) is 43.2 Å². The lowest BCUT2D eigenvalue weighted by molar-refractivity contribution is 0.102. The van der Waals surface area contributed by atoms with E-state index in [1.807, 2.05) is 4.90 Å². The summed E-state index contributed by atoms with van der Waals surface area (Å²) in [4.78, 5) is 31.9. The average Bonchev–Trinajstić information content (AvgIpc) is 3.40. The minimum absolute atomic E-state index is 0.00616. The lowest BCUT2D eigenvalue weighted by Gasteiger charge is -2.19. The summed E-state index contributed by atoms with van der Waals surface area (Å²) in [5, 5.41) is 14.1. The van der Waals surface area contributed by atoms with Crippen molar-refractivity contribution in [3.8, 4) is 5.75 Å². The molecule has 8 nitrogen and oxygen atoms in total. The number of carbonyl (C=O) groups excluding carboxylic acids is 2. The monoisotopic (exact) mass is 529 g/mol. The Morgan fingerprint density at radius 2 is 1.72 bits per heavy atom. The maximum absolute atomic E-state index is 14.9. The maximum atomic E-state index is 14.9. The van der Waals surface area contributed by atoms with E-state index in [1.165, 1.54) is 43.6 Å². The molecule has 2 aromatic carbocycles. The van der Waals surface area contributed by atoms with E-state index < -0.39 is 17.6 Å². The number of halogens is 3. The number of carbonyl (C=O) groups is 2. The van der Waals surface area contributed by atoms with Crippen molar-refractivity contribution in [1.82, 2.24) is 9.88 Å². The number of rotatable bonds is 6. The Hall–Kier alpha value is -3.69. The third kappa shape index (κ3) is 5.58. The van der Waals surface area contributed by atoms with Crippen molar-refractivity contribution in [2.45, 2.75) is 12.8 Å². The Balaban J connectivity index is 1.60. The fourth-order valence-corrected chi connectivity index (χ4v) is 4.15. The quantitative estimate of drug-likeness (QED) is 0.290. The molecule has 11 heteroatoms. The number of amidine groups is 1. The van der Waals surface area contributed by atoms with Crippen LogP contribution < -0.4 is 15.4 Å². The maximum Gasteiger partial charge on any atom is 0.259 e. The van der Waals surface area contributed by atoms with E-state index in [-0.39, 0.29) is 39.2 Å². The van der Waals surface area contributed by atoms with E-state index >= 15 is 0 Å². The summed E-state index contributed by atoms with van der Waals surface area (Å²) >= 11 is 12.0. The van der Waals surface area contributed by atoms with Gasteiger partial charge in [0.2, 0.25) is 0 Å². The molecule has 2 heterocycles. The highest BCUT2D eigenvalue weighted by Gasteiger charge is 2.23. The molecule has 1 aliphatic rings. The van der Waals surface area contributed by atoms with Gasteiger partial charge in [0.25, 0.3) is 11.8 Å². The third-order valence-corrected chi connectivity index (χ3v) is 6.09. The van der Waals surface area contributed by atoms with Gasteiger partial charge in [-0.25, -0.2) is 9.37 Å². The molecule has 1 fully saturated rings. The van der Waals surface area contributed by atoms with Crippen LogP contribution in [0, 0.1) is 11.2 Å². The van der Waals surface area contributed by atoms with Crippen LogP contribution in [0.2, 0.25) is 10.0 Å². The first-order chi connectivity index (χ1) is 17.3. The van der Waals surface area contributed by atoms with Gasteiger partial charge in [0.05, 0.1) is 28.9 Å². The van der Waals surface area contributed by atoms with Crippen molar-refractivity contribution in [2.75, 3.05) is 30.8 Å². The Morgan fingerprint density at radius 3 is 2.36 bits per heavy atom. The predicted octanol–water partition coefficient (Wildman–Crippen LogP) is 5.46. The van der Waals surface area contributed by atoms with Gasteiger partial charge in [0.15, 0.2) is 0 Å². The first-order valence-corrected chi connectivity index (χ1v) is 11.8. The molecular formula is C25H22Cl2FN5O3. The Labute approximate surface area is 216 Å². The van der Waals surface area contributed by atoms with Crippen molar-refractivity contribution < 1.29 is 18.7 Å². The zero-order valence-corrected chi connectivity index (χ0v) is 20.7. The first-order valence-electron chi connectivity index (χ1n) is 11.0. The molecule has 0 aliphatic carbocycles. The summed E-state index contributed by atoms with van der Waals surface area (Å²) in [6.45, 7) is 1.49. The van der Waals surface area contributed by atoms with E-state index in [0.717, 1.165) is 32.0 Å². The number of hydrogen-bond acceptors (Lipinski definition) is 5. The molecular weight excluding hydrogens is 508 g/mol. The second-order valence-electron chi connectivity index (χ2n) is 8.04. The summed E-state index contributed by atoms with van der Waals surface area (Å²) in [6.07, 6.45) is 3.34. The van der Waals surface area contributed by atoms with Gasteiger partial charge in [0, 0.05) is 35.9 Å². The van der Waals surface area contributed by atoms with Gasteiger partial charge < -0.3 is 20.3 Å². The third-order valence-electron chi connectivity index (χ3n) is 5.65. The van der Waals surface area contributed by atoms with Gasteiger partial charge in [-0.15, -0.1) is 0 Å². The van der Waals surface area contributed by atoms with Crippen LogP contribution in [0.4, 0.5) is 15.9 Å². The number of aromatic nitrogens is 1. The number of likely N-dealkylation sites (tertiary alicyclic amines) is 1. The fraction of sp³-hybridized carbons (Fsp3) is 0.200. The molecule has 1 saturated heterocycles. The molecule has 0 spiro atoms. The summed E-state index contributed by atoms with van der Waals surface area (Å²) in [5.74, 6) is -1.67. The number of nitrogens with zero attached hydrogens (tertiary/aromatic N) is 2. The standard InChI is InChI=1S/C25H22Cl2FN5O3/c1-36-20-12-16(27)11-18(25(35)31-21-7-5-15(26)13-30-21)22(20)32-24(34)17-6-4-14(10-19(17)28)23(29)33-8-2-3-9-33/h4-7,10-13,29H,2-3,8-9H2,1H3,(H,32,34)(H,30,31,35). The molecule has 2 amide bonds. The van der Waals surface area contributed by atoms with Crippen LogP contribution in [0.15, 0.2) is 48.7 Å². The summed E-state index contributed by atoms with van der Waals surface area (Å²) in [7, 11) is 1.35. The lowest BCUT2D eigenvalue weighted by atomic mass is 10.1. The molecule has 186 valence electrons. The van der Waals surface area contributed by atoms with E-state index in [2.05, 4.69) is 15.6 Å². The molecule has 4 rings (SSSR count). The van der Waals surface area contributed by atoms with E-state index in [1.54, 1.807) is 6.07 Å². The highest BCUT2D eigenvalue weighted by Crippen LogP contribution is 2.33. The molecule has 36 heavy (non-hydrogen) atoms. The van der Waals surface area contributed by atoms with E-state index in [0.29, 0.717) is 10.6 Å². The number of ether oxygens (including phenoxy) is 1. The van der Waals surface area contributed by atoms with Gasteiger partial charge in [-0.3, -0.25) is 15.0 Å². The number of benzene rings is 2. The smallest absolute Gasteiger partial charge is 0.259 e. The lowest BCUT2D eigenvalue weighted by Crippen LogP contribution is -2.28. The van der Waals surface area contributed by atoms with Crippen LogP contribution in [-0.4, -0.2) is 47.7 Å². The van der Waals surface area contributed by atoms with Crippen molar-refractivity contribution in [2.24, 2.45) is 0 Å². The second kappa shape index (κ2) is 10.9. The van der Waals surface area contributed by atoms with Crippen molar-refractivity contribution in [3.05, 3.63) is 81.2 Å². The van der Waals surface area contributed by atoms with Crippen LogP contribution in [0.25, 0.3) is 0 Å². The molecule has 3 N–H and O–H groups in total. The van der Waals surface area contributed by atoms with Crippen molar-refractivity contribution in [1.29, 1.82) is 5.41 Å².